The van der Waals surface area contributed by atoms with Gasteiger partial charge in [0.1, 0.15) is 0 Å². The van der Waals surface area contributed by atoms with Crippen LogP contribution in [0.4, 0.5) is 0 Å². The molecule has 2 aromatic rings. The van der Waals surface area contributed by atoms with Gasteiger partial charge in [0, 0.05) is 35.8 Å². The first-order chi connectivity index (χ1) is 13.1. The molecular weight excluding hydrogens is 352 g/mol. The number of benzene rings is 2. The lowest BCUT2D eigenvalue weighted by molar-refractivity contribution is 0.0956. The standard InChI is InChI=1S/C23H30N2OS/c1-18-5-11-22(12-6-18)27-15-13-24-23(26)21-9-7-20(8-10-21)17-25-14-3-4-19(2)16-25/h5-12,19H,3-4,13-17H2,1-2H3,(H,24,26)/t19-/m0/s1. The first kappa shape index (κ1) is 20.0. The number of carbonyl (C=O) groups excluding carboxylic acids is 1. The maximum atomic E-state index is 12.3. The van der Waals surface area contributed by atoms with Gasteiger partial charge in [-0.25, -0.2) is 0 Å². The number of thioether (sulfide) groups is 1. The van der Waals surface area contributed by atoms with Gasteiger partial charge in [-0.15, -0.1) is 11.8 Å². The highest BCUT2D eigenvalue weighted by molar-refractivity contribution is 7.99. The molecule has 1 saturated heterocycles. The van der Waals surface area contributed by atoms with Gasteiger partial charge >= 0.3 is 0 Å². The Kier molecular flexibility index (Phi) is 7.36. The summed E-state index contributed by atoms with van der Waals surface area (Å²) in [5.74, 6) is 1.68. The van der Waals surface area contributed by atoms with E-state index in [-0.39, 0.29) is 5.91 Å². The Morgan fingerprint density at radius 3 is 2.59 bits per heavy atom. The second-order valence-electron chi connectivity index (χ2n) is 7.60. The molecular formula is C23H30N2OS. The fourth-order valence-electron chi connectivity index (χ4n) is 3.52. The summed E-state index contributed by atoms with van der Waals surface area (Å²) in [5.41, 5.74) is 3.30. The van der Waals surface area contributed by atoms with Crippen molar-refractivity contribution in [2.24, 2.45) is 5.92 Å². The van der Waals surface area contributed by atoms with Crippen LogP contribution in [0.1, 0.15) is 41.3 Å². The van der Waals surface area contributed by atoms with Crippen molar-refractivity contribution in [1.29, 1.82) is 0 Å². The molecule has 3 rings (SSSR count). The molecule has 144 valence electrons. The Balaban J connectivity index is 1.41. The Hall–Kier alpha value is -1.78. The lowest BCUT2D eigenvalue weighted by Gasteiger charge is -2.30. The number of aryl methyl sites for hydroxylation is 1. The molecule has 0 spiro atoms. The Morgan fingerprint density at radius 1 is 1.15 bits per heavy atom. The van der Waals surface area contributed by atoms with E-state index < -0.39 is 0 Å². The van der Waals surface area contributed by atoms with Crippen molar-refractivity contribution < 1.29 is 4.79 Å². The molecule has 1 atom stereocenters. The minimum Gasteiger partial charge on any atom is -0.351 e. The molecule has 1 heterocycles. The molecule has 0 saturated carbocycles. The topological polar surface area (TPSA) is 32.3 Å². The van der Waals surface area contributed by atoms with E-state index in [2.05, 4.69) is 60.5 Å². The second-order valence-corrected chi connectivity index (χ2v) is 8.77. The van der Waals surface area contributed by atoms with E-state index in [0.29, 0.717) is 6.54 Å². The summed E-state index contributed by atoms with van der Waals surface area (Å²) in [6, 6.07) is 16.6. The van der Waals surface area contributed by atoms with Crippen molar-refractivity contribution in [3.8, 4) is 0 Å². The van der Waals surface area contributed by atoms with Gasteiger partial charge in [0.15, 0.2) is 0 Å². The molecule has 3 nitrogen and oxygen atoms in total. The summed E-state index contributed by atoms with van der Waals surface area (Å²) in [5, 5.41) is 3.02. The molecule has 0 aliphatic carbocycles. The third kappa shape index (κ3) is 6.40. The van der Waals surface area contributed by atoms with E-state index in [1.807, 2.05) is 12.1 Å². The number of rotatable bonds is 7. The molecule has 1 N–H and O–H groups in total. The van der Waals surface area contributed by atoms with Crippen LogP contribution in [-0.4, -0.2) is 36.2 Å². The van der Waals surface area contributed by atoms with Gasteiger partial charge in [-0.2, -0.15) is 0 Å². The third-order valence-corrected chi connectivity index (χ3v) is 6.05. The van der Waals surface area contributed by atoms with E-state index in [1.54, 1.807) is 11.8 Å². The zero-order valence-electron chi connectivity index (χ0n) is 16.4. The highest BCUT2D eigenvalue weighted by Crippen LogP contribution is 2.19. The van der Waals surface area contributed by atoms with Gasteiger partial charge in [0.2, 0.25) is 0 Å². The number of nitrogens with zero attached hydrogens (tertiary/aromatic N) is 1. The van der Waals surface area contributed by atoms with Crippen molar-refractivity contribution in [3.05, 3.63) is 65.2 Å². The Morgan fingerprint density at radius 2 is 1.89 bits per heavy atom. The van der Waals surface area contributed by atoms with Crippen LogP contribution in [-0.2, 0) is 6.54 Å². The smallest absolute Gasteiger partial charge is 0.251 e. The predicted molar refractivity (Wildman–Crippen MR) is 114 cm³/mol. The number of likely N-dealkylation sites (tertiary alicyclic amines) is 1. The van der Waals surface area contributed by atoms with Crippen molar-refractivity contribution in [2.75, 3.05) is 25.4 Å². The lowest BCUT2D eigenvalue weighted by Crippen LogP contribution is -2.33. The highest BCUT2D eigenvalue weighted by atomic mass is 32.2. The van der Waals surface area contributed by atoms with Crippen LogP contribution in [0.2, 0.25) is 0 Å². The molecule has 1 aliphatic heterocycles. The summed E-state index contributed by atoms with van der Waals surface area (Å²) < 4.78 is 0. The van der Waals surface area contributed by atoms with Crippen molar-refractivity contribution in [1.82, 2.24) is 10.2 Å². The van der Waals surface area contributed by atoms with E-state index >= 15 is 0 Å². The average molecular weight is 383 g/mol. The number of piperidine rings is 1. The van der Waals surface area contributed by atoms with E-state index in [4.69, 9.17) is 0 Å². The lowest BCUT2D eigenvalue weighted by atomic mass is 9.99. The summed E-state index contributed by atoms with van der Waals surface area (Å²) in [6.07, 6.45) is 2.64. The predicted octanol–water partition coefficient (Wildman–Crippen LogP) is 4.75. The van der Waals surface area contributed by atoms with E-state index in [1.165, 1.54) is 42.0 Å². The number of amides is 1. The fourth-order valence-corrected chi connectivity index (χ4v) is 4.29. The molecule has 2 aromatic carbocycles. The largest absolute Gasteiger partial charge is 0.351 e. The number of hydrogen-bond donors (Lipinski definition) is 1. The molecule has 27 heavy (non-hydrogen) atoms. The minimum absolute atomic E-state index is 0.0117. The zero-order chi connectivity index (χ0) is 19.1. The molecule has 0 aromatic heterocycles. The van der Waals surface area contributed by atoms with Crippen molar-refractivity contribution in [2.45, 2.75) is 38.1 Å². The third-order valence-electron chi connectivity index (χ3n) is 5.04. The van der Waals surface area contributed by atoms with Crippen LogP contribution >= 0.6 is 11.8 Å². The first-order valence-electron chi connectivity index (χ1n) is 9.89. The van der Waals surface area contributed by atoms with Crippen LogP contribution < -0.4 is 5.32 Å². The van der Waals surface area contributed by atoms with Gasteiger partial charge in [-0.1, -0.05) is 36.8 Å². The van der Waals surface area contributed by atoms with Crippen LogP contribution in [0.5, 0.6) is 0 Å². The number of hydrogen-bond acceptors (Lipinski definition) is 3. The average Bonchev–Trinajstić information content (AvgIpc) is 2.67. The molecule has 1 aliphatic rings. The molecule has 1 fully saturated rings. The quantitative estimate of drug-likeness (QED) is 0.554. The summed E-state index contributed by atoms with van der Waals surface area (Å²) in [4.78, 5) is 16.1. The van der Waals surface area contributed by atoms with Gasteiger partial charge in [0.25, 0.3) is 5.91 Å². The Bertz CT molecular complexity index is 727. The van der Waals surface area contributed by atoms with Crippen LogP contribution in [0, 0.1) is 12.8 Å². The van der Waals surface area contributed by atoms with Crippen LogP contribution in [0.3, 0.4) is 0 Å². The van der Waals surface area contributed by atoms with Crippen molar-refractivity contribution >= 4 is 17.7 Å². The maximum Gasteiger partial charge on any atom is 0.251 e. The molecule has 0 radical (unpaired) electrons. The summed E-state index contributed by atoms with van der Waals surface area (Å²) >= 11 is 1.77. The van der Waals surface area contributed by atoms with Crippen LogP contribution in [0.15, 0.2) is 53.4 Å². The maximum absolute atomic E-state index is 12.3. The number of nitrogens with one attached hydrogen (secondary N) is 1. The number of carbonyl (C=O) groups is 1. The van der Waals surface area contributed by atoms with Gasteiger partial charge in [-0.3, -0.25) is 9.69 Å². The summed E-state index contributed by atoms with van der Waals surface area (Å²) in [6.45, 7) is 8.44. The highest BCUT2D eigenvalue weighted by Gasteiger charge is 2.16. The molecule has 0 unspecified atom stereocenters. The van der Waals surface area contributed by atoms with Crippen molar-refractivity contribution in [3.63, 3.8) is 0 Å². The van der Waals surface area contributed by atoms with Gasteiger partial charge in [-0.05, 0) is 62.1 Å². The Labute approximate surface area is 167 Å². The minimum atomic E-state index is 0.0117. The monoisotopic (exact) mass is 382 g/mol. The molecule has 4 heteroatoms. The summed E-state index contributed by atoms with van der Waals surface area (Å²) in [7, 11) is 0. The van der Waals surface area contributed by atoms with Gasteiger partial charge < -0.3 is 5.32 Å². The first-order valence-corrected chi connectivity index (χ1v) is 10.9. The fraction of sp³-hybridized carbons (Fsp3) is 0.435. The zero-order valence-corrected chi connectivity index (χ0v) is 17.2. The SMILES string of the molecule is Cc1ccc(SCCNC(=O)c2ccc(CN3CCC[C@H](C)C3)cc2)cc1. The molecule has 0 bridgehead atoms. The molecule has 1 amide bonds. The second kappa shape index (κ2) is 9.95. The van der Waals surface area contributed by atoms with E-state index in [0.717, 1.165) is 23.8 Å². The van der Waals surface area contributed by atoms with E-state index in [9.17, 15) is 4.79 Å². The van der Waals surface area contributed by atoms with Crippen LogP contribution in [0.25, 0.3) is 0 Å². The van der Waals surface area contributed by atoms with Gasteiger partial charge in [0.05, 0.1) is 0 Å². The normalized spacial score (nSPS) is 17.6.